The number of carbonyl (C=O) groups is 1. The number of benzene rings is 2. The number of anilines is 1. The summed E-state index contributed by atoms with van der Waals surface area (Å²) < 4.78 is 4.39. The number of fused-ring (bicyclic) bond motifs is 1. The number of hydrogen-bond acceptors (Lipinski definition) is 1. The monoisotopic (exact) mass is 366 g/mol. The van der Waals surface area contributed by atoms with Crippen LogP contribution in [0.2, 0.25) is 5.02 Å². The van der Waals surface area contributed by atoms with E-state index >= 15 is 0 Å². The smallest absolute Gasteiger partial charge is 0.266 e. The van der Waals surface area contributed by atoms with Crippen molar-refractivity contribution < 1.29 is 9.36 Å². The van der Waals surface area contributed by atoms with Crippen LogP contribution >= 0.6 is 11.6 Å². The molecule has 0 radical (unpaired) electrons. The molecule has 0 fully saturated rings. The van der Waals surface area contributed by atoms with Crippen LogP contribution in [0.1, 0.15) is 17.8 Å². The molecule has 26 heavy (non-hydrogen) atoms. The first-order valence-electron chi connectivity index (χ1n) is 8.85. The highest BCUT2D eigenvalue weighted by Crippen LogP contribution is 2.25. The summed E-state index contributed by atoms with van der Waals surface area (Å²) in [5, 5.41) is 3.45. The van der Waals surface area contributed by atoms with Crippen molar-refractivity contribution in [3.05, 3.63) is 71.1 Å². The second-order valence-electron chi connectivity index (χ2n) is 6.71. The van der Waals surface area contributed by atoms with Gasteiger partial charge in [-0.1, -0.05) is 53.6 Å². The maximum absolute atomic E-state index is 12.5. The predicted octanol–water partition coefficient (Wildman–Crippen LogP) is 3.99. The number of aromatic nitrogens is 2. The molecule has 0 atom stereocenters. The standard InChI is InChI=1S/C21H20ClN3O/c1-15-8-10-16(11-9-15)19-13-24(21-7-4-12-25(19)21)14-20(26)23-18-6-3-2-5-17(18)22/h2-3,5-6,8-11,13H,4,7,12,14H2,1H3/p+1. The Labute approximate surface area is 158 Å². The van der Waals surface area contributed by atoms with Gasteiger partial charge in [-0.2, -0.15) is 0 Å². The normalized spacial score (nSPS) is 12.8. The highest BCUT2D eigenvalue weighted by molar-refractivity contribution is 6.33. The summed E-state index contributed by atoms with van der Waals surface area (Å²) in [4.78, 5) is 12.5. The minimum absolute atomic E-state index is 0.0705. The first-order valence-corrected chi connectivity index (χ1v) is 9.23. The van der Waals surface area contributed by atoms with Gasteiger partial charge in [0.05, 0.1) is 23.7 Å². The van der Waals surface area contributed by atoms with Crippen molar-refractivity contribution >= 4 is 23.2 Å². The molecule has 1 aliphatic heterocycles. The number of para-hydroxylation sites is 1. The number of carbonyl (C=O) groups excluding carboxylic acids is 1. The van der Waals surface area contributed by atoms with Gasteiger partial charge in [0.25, 0.3) is 11.7 Å². The molecular weight excluding hydrogens is 346 g/mol. The van der Waals surface area contributed by atoms with Crippen molar-refractivity contribution in [2.75, 3.05) is 5.32 Å². The predicted molar refractivity (Wildman–Crippen MR) is 103 cm³/mol. The van der Waals surface area contributed by atoms with Crippen LogP contribution in [-0.2, 0) is 24.3 Å². The van der Waals surface area contributed by atoms with Gasteiger partial charge in [0.2, 0.25) is 0 Å². The number of halogens is 1. The molecule has 2 heterocycles. The Morgan fingerprint density at radius 1 is 1.19 bits per heavy atom. The molecule has 2 aromatic carbocycles. The lowest BCUT2D eigenvalue weighted by Crippen LogP contribution is -2.42. The fourth-order valence-electron chi connectivity index (χ4n) is 3.51. The van der Waals surface area contributed by atoms with E-state index in [0.29, 0.717) is 10.7 Å². The van der Waals surface area contributed by atoms with E-state index < -0.39 is 0 Å². The van der Waals surface area contributed by atoms with Gasteiger partial charge in [0.1, 0.15) is 6.20 Å². The maximum Gasteiger partial charge on any atom is 0.266 e. The molecule has 0 saturated heterocycles. The first-order chi connectivity index (χ1) is 12.6. The summed E-state index contributed by atoms with van der Waals surface area (Å²) in [7, 11) is 0. The van der Waals surface area contributed by atoms with Crippen molar-refractivity contribution in [2.24, 2.45) is 0 Å². The Kier molecular flexibility index (Phi) is 4.51. The third-order valence-electron chi connectivity index (χ3n) is 4.80. The Bertz CT molecular complexity index is 960. The molecule has 0 aliphatic carbocycles. The van der Waals surface area contributed by atoms with Crippen LogP contribution in [0.4, 0.5) is 5.69 Å². The van der Waals surface area contributed by atoms with Gasteiger partial charge in [-0.25, -0.2) is 9.13 Å². The lowest BCUT2D eigenvalue weighted by atomic mass is 10.1. The van der Waals surface area contributed by atoms with Crippen LogP contribution in [0.5, 0.6) is 0 Å². The molecule has 1 aliphatic rings. The molecule has 0 unspecified atom stereocenters. The zero-order valence-electron chi connectivity index (χ0n) is 14.7. The third-order valence-corrected chi connectivity index (χ3v) is 5.13. The lowest BCUT2D eigenvalue weighted by molar-refractivity contribution is -0.690. The minimum atomic E-state index is -0.0705. The molecule has 0 bridgehead atoms. The van der Waals surface area contributed by atoms with E-state index in [9.17, 15) is 4.79 Å². The molecular formula is C21H21ClN3O+. The topological polar surface area (TPSA) is 37.9 Å². The van der Waals surface area contributed by atoms with Crippen LogP contribution in [0, 0.1) is 6.92 Å². The molecule has 1 amide bonds. The Balaban J connectivity index is 1.59. The first kappa shape index (κ1) is 16.9. The van der Waals surface area contributed by atoms with E-state index in [1.807, 2.05) is 18.2 Å². The summed E-state index contributed by atoms with van der Waals surface area (Å²) in [5.74, 6) is 1.13. The number of hydrogen-bond donors (Lipinski definition) is 1. The van der Waals surface area contributed by atoms with E-state index in [0.717, 1.165) is 19.4 Å². The number of amides is 1. The van der Waals surface area contributed by atoms with E-state index in [-0.39, 0.29) is 12.5 Å². The van der Waals surface area contributed by atoms with Crippen LogP contribution < -0.4 is 9.88 Å². The largest absolute Gasteiger partial charge is 0.321 e. The number of imidazole rings is 1. The second kappa shape index (κ2) is 6.96. The van der Waals surface area contributed by atoms with E-state index in [1.165, 1.54) is 22.6 Å². The SMILES string of the molecule is Cc1ccc(-c2c[n+](CC(=O)Nc3ccccc3Cl)c3n2CCC3)cc1. The van der Waals surface area contributed by atoms with Crippen molar-refractivity contribution in [3.63, 3.8) is 0 Å². The van der Waals surface area contributed by atoms with Gasteiger partial charge in [-0.3, -0.25) is 4.79 Å². The molecule has 0 saturated carbocycles. The lowest BCUT2D eigenvalue weighted by Gasteiger charge is -2.05. The van der Waals surface area contributed by atoms with Gasteiger partial charge in [0.15, 0.2) is 12.2 Å². The molecule has 5 heteroatoms. The fraction of sp³-hybridized carbons (Fsp3) is 0.238. The summed E-state index contributed by atoms with van der Waals surface area (Å²) in [6, 6.07) is 15.8. The number of rotatable bonds is 4. The van der Waals surface area contributed by atoms with Crippen molar-refractivity contribution in [3.8, 4) is 11.3 Å². The van der Waals surface area contributed by atoms with Gasteiger partial charge in [-0.15, -0.1) is 0 Å². The average molecular weight is 367 g/mol. The van der Waals surface area contributed by atoms with Gasteiger partial charge >= 0.3 is 0 Å². The third kappa shape index (κ3) is 3.25. The highest BCUT2D eigenvalue weighted by Gasteiger charge is 2.29. The van der Waals surface area contributed by atoms with Crippen LogP contribution in [0.25, 0.3) is 11.3 Å². The molecule has 132 valence electrons. The zero-order valence-corrected chi connectivity index (χ0v) is 15.5. The second-order valence-corrected chi connectivity index (χ2v) is 7.11. The molecule has 3 aromatic rings. The summed E-state index contributed by atoms with van der Waals surface area (Å²) >= 11 is 6.14. The Morgan fingerprint density at radius 3 is 2.73 bits per heavy atom. The van der Waals surface area contributed by atoms with Gasteiger partial charge in [-0.05, 0) is 25.5 Å². The Morgan fingerprint density at radius 2 is 1.96 bits per heavy atom. The van der Waals surface area contributed by atoms with Crippen LogP contribution in [0.3, 0.4) is 0 Å². The van der Waals surface area contributed by atoms with Gasteiger partial charge in [0, 0.05) is 5.56 Å². The quantitative estimate of drug-likeness (QED) is 0.696. The van der Waals surface area contributed by atoms with E-state index in [2.05, 4.69) is 51.8 Å². The molecule has 0 spiro atoms. The molecule has 4 rings (SSSR count). The zero-order chi connectivity index (χ0) is 18.1. The fourth-order valence-corrected chi connectivity index (χ4v) is 3.69. The Hall–Kier alpha value is -2.59. The number of nitrogens with one attached hydrogen (secondary N) is 1. The molecule has 1 N–H and O–H groups in total. The van der Waals surface area contributed by atoms with Crippen molar-refractivity contribution in [1.82, 2.24) is 4.57 Å². The molecule has 1 aromatic heterocycles. The van der Waals surface area contributed by atoms with Gasteiger partial charge < -0.3 is 5.32 Å². The van der Waals surface area contributed by atoms with Crippen molar-refractivity contribution in [1.29, 1.82) is 0 Å². The number of nitrogens with zero attached hydrogens (tertiary/aromatic N) is 2. The summed E-state index contributed by atoms with van der Waals surface area (Å²) in [6.45, 7) is 3.37. The van der Waals surface area contributed by atoms with E-state index in [4.69, 9.17) is 11.6 Å². The summed E-state index contributed by atoms with van der Waals surface area (Å²) in [6.07, 6.45) is 4.19. The van der Waals surface area contributed by atoms with Crippen LogP contribution in [-0.4, -0.2) is 10.5 Å². The average Bonchev–Trinajstić information content (AvgIpc) is 3.22. The number of aryl methyl sites for hydroxylation is 1. The molecule has 4 nitrogen and oxygen atoms in total. The van der Waals surface area contributed by atoms with Crippen molar-refractivity contribution in [2.45, 2.75) is 32.9 Å². The highest BCUT2D eigenvalue weighted by atomic mass is 35.5. The minimum Gasteiger partial charge on any atom is -0.321 e. The van der Waals surface area contributed by atoms with Crippen LogP contribution in [0.15, 0.2) is 54.7 Å². The van der Waals surface area contributed by atoms with E-state index in [1.54, 1.807) is 6.07 Å². The maximum atomic E-state index is 12.5. The summed E-state index contributed by atoms with van der Waals surface area (Å²) in [5.41, 5.74) is 4.25.